The molecule has 0 heteroatoms. The zero-order chi connectivity index (χ0) is 16.1. The molecule has 116 valence electrons. The van der Waals surface area contributed by atoms with E-state index in [4.69, 9.17) is 0 Å². The van der Waals surface area contributed by atoms with Crippen molar-refractivity contribution in [2.45, 2.75) is 33.1 Å². The van der Waals surface area contributed by atoms with Gasteiger partial charge in [-0.1, -0.05) is 84.0 Å². The van der Waals surface area contributed by atoms with Gasteiger partial charge >= 0.3 is 0 Å². The van der Waals surface area contributed by atoms with E-state index in [1.54, 1.807) is 0 Å². The molecule has 0 bridgehead atoms. The molecule has 1 aliphatic carbocycles. The summed E-state index contributed by atoms with van der Waals surface area (Å²) in [5, 5.41) is 0. The molecule has 0 N–H and O–H groups in total. The Balaban J connectivity index is 2.08. The topological polar surface area (TPSA) is 0 Å². The molecule has 23 heavy (non-hydrogen) atoms. The summed E-state index contributed by atoms with van der Waals surface area (Å²) in [5.41, 5.74) is 8.40. The molecule has 0 aromatic heterocycles. The molecule has 3 rings (SSSR count). The Labute approximate surface area is 139 Å². The fourth-order valence-electron chi connectivity index (χ4n) is 3.06. The van der Waals surface area contributed by atoms with Gasteiger partial charge in [-0.25, -0.2) is 0 Å². The van der Waals surface area contributed by atoms with Gasteiger partial charge < -0.3 is 0 Å². The first-order chi connectivity index (χ1) is 11.2. The molecule has 0 atom stereocenters. The fraction of sp³-hybridized carbons (Fsp3) is 0.217. The second kappa shape index (κ2) is 7.28. The van der Waals surface area contributed by atoms with Gasteiger partial charge in [0.15, 0.2) is 0 Å². The highest BCUT2D eigenvalue weighted by atomic mass is 14.1. The van der Waals surface area contributed by atoms with Crippen molar-refractivity contribution in [1.29, 1.82) is 0 Å². The van der Waals surface area contributed by atoms with Crippen molar-refractivity contribution in [3.63, 3.8) is 0 Å². The number of benzene rings is 2. The Morgan fingerprint density at radius 1 is 0.696 bits per heavy atom. The van der Waals surface area contributed by atoms with E-state index in [0.717, 1.165) is 19.3 Å². The summed E-state index contributed by atoms with van der Waals surface area (Å²) >= 11 is 0. The average Bonchev–Trinajstić information content (AvgIpc) is 2.67. The van der Waals surface area contributed by atoms with Crippen LogP contribution in [0.15, 0.2) is 84.0 Å². The third kappa shape index (κ3) is 3.90. The molecule has 0 spiro atoms. The first kappa shape index (κ1) is 15.6. The zero-order valence-corrected chi connectivity index (χ0v) is 14.0. The summed E-state index contributed by atoms with van der Waals surface area (Å²) in [5.74, 6) is 0. The molecular formula is C23H24. The van der Waals surface area contributed by atoms with Crippen LogP contribution < -0.4 is 0 Å². The Hall–Kier alpha value is -2.34. The van der Waals surface area contributed by atoms with Crippen molar-refractivity contribution in [1.82, 2.24) is 0 Å². The minimum atomic E-state index is 1.03. The SMILES string of the molecule is CC1=C(C)C/C(c2ccccc2)=C\C(c2ccccc2)=C\CC1. The van der Waals surface area contributed by atoms with E-state index in [0.29, 0.717) is 0 Å². The highest BCUT2D eigenvalue weighted by molar-refractivity contribution is 5.84. The van der Waals surface area contributed by atoms with Gasteiger partial charge in [0.25, 0.3) is 0 Å². The van der Waals surface area contributed by atoms with Crippen LogP contribution in [0.2, 0.25) is 0 Å². The quantitative estimate of drug-likeness (QED) is 0.543. The average molecular weight is 300 g/mol. The van der Waals surface area contributed by atoms with Crippen LogP contribution >= 0.6 is 0 Å². The minimum absolute atomic E-state index is 1.03. The first-order valence-corrected chi connectivity index (χ1v) is 8.41. The number of allylic oxidation sites excluding steroid dienone is 6. The maximum absolute atomic E-state index is 2.39. The summed E-state index contributed by atoms with van der Waals surface area (Å²) in [7, 11) is 0. The van der Waals surface area contributed by atoms with Crippen LogP contribution in [-0.4, -0.2) is 0 Å². The Kier molecular flexibility index (Phi) is 4.92. The van der Waals surface area contributed by atoms with Crippen LogP contribution in [0.1, 0.15) is 44.2 Å². The van der Waals surface area contributed by atoms with Gasteiger partial charge in [-0.3, -0.25) is 0 Å². The monoisotopic (exact) mass is 300 g/mol. The van der Waals surface area contributed by atoms with Gasteiger partial charge in [-0.05, 0) is 55.4 Å². The van der Waals surface area contributed by atoms with Crippen molar-refractivity contribution < 1.29 is 0 Å². The van der Waals surface area contributed by atoms with Crippen LogP contribution in [0.3, 0.4) is 0 Å². The van der Waals surface area contributed by atoms with Crippen LogP contribution in [0.25, 0.3) is 11.1 Å². The fourth-order valence-corrected chi connectivity index (χ4v) is 3.06. The molecule has 0 heterocycles. The lowest BCUT2D eigenvalue weighted by molar-refractivity contribution is 0.946. The molecule has 0 saturated heterocycles. The summed E-state index contributed by atoms with van der Waals surface area (Å²) in [6.45, 7) is 4.55. The molecule has 1 aliphatic rings. The summed E-state index contributed by atoms with van der Waals surface area (Å²) in [6.07, 6.45) is 8.05. The van der Waals surface area contributed by atoms with Crippen LogP contribution in [0.4, 0.5) is 0 Å². The summed E-state index contributed by atoms with van der Waals surface area (Å²) < 4.78 is 0. The molecule has 0 amide bonds. The highest BCUT2D eigenvalue weighted by Crippen LogP contribution is 2.31. The van der Waals surface area contributed by atoms with Gasteiger partial charge in [0.1, 0.15) is 0 Å². The van der Waals surface area contributed by atoms with Gasteiger partial charge in [0.2, 0.25) is 0 Å². The third-order valence-electron chi connectivity index (χ3n) is 4.65. The van der Waals surface area contributed by atoms with Crippen LogP contribution in [0.5, 0.6) is 0 Å². The number of rotatable bonds is 2. The largest absolute Gasteiger partial charge is 0.0763 e. The lowest BCUT2D eigenvalue weighted by Crippen LogP contribution is -1.90. The van der Waals surface area contributed by atoms with E-state index in [9.17, 15) is 0 Å². The van der Waals surface area contributed by atoms with Crippen molar-refractivity contribution in [3.05, 3.63) is 95.1 Å². The zero-order valence-electron chi connectivity index (χ0n) is 14.0. The van der Waals surface area contributed by atoms with E-state index >= 15 is 0 Å². The third-order valence-corrected chi connectivity index (χ3v) is 4.65. The minimum Gasteiger partial charge on any atom is -0.0763 e. The Morgan fingerprint density at radius 3 is 1.96 bits per heavy atom. The highest BCUT2D eigenvalue weighted by Gasteiger charge is 2.09. The van der Waals surface area contributed by atoms with Crippen molar-refractivity contribution in [2.24, 2.45) is 0 Å². The smallest absolute Gasteiger partial charge is 0.00611 e. The van der Waals surface area contributed by atoms with Crippen LogP contribution in [-0.2, 0) is 0 Å². The van der Waals surface area contributed by atoms with Crippen molar-refractivity contribution in [2.75, 3.05) is 0 Å². The second-order valence-electron chi connectivity index (χ2n) is 6.34. The maximum Gasteiger partial charge on any atom is -0.00611 e. The van der Waals surface area contributed by atoms with E-state index in [1.165, 1.54) is 33.4 Å². The first-order valence-electron chi connectivity index (χ1n) is 8.41. The van der Waals surface area contributed by atoms with Gasteiger partial charge in [-0.2, -0.15) is 0 Å². The van der Waals surface area contributed by atoms with Gasteiger partial charge in [0.05, 0.1) is 0 Å². The number of hydrogen-bond acceptors (Lipinski definition) is 0. The molecule has 0 aliphatic heterocycles. The van der Waals surface area contributed by atoms with E-state index in [-0.39, 0.29) is 0 Å². The predicted octanol–water partition coefficient (Wildman–Crippen LogP) is 6.67. The van der Waals surface area contributed by atoms with Crippen LogP contribution in [0, 0.1) is 0 Å². The molecule has 2 aromatic carbocycles. The molecular weight excluding hydrogens is 276 g/mol. The Bertz CT molecular complexity index is 743. The lowest BCUT2D eigenvalue weighted by Gasteiger charge is -2.11. The van der Waals surface area contributed by atoms with E-state index in [2.05, 4.69) is 86.7 Å². The summed E-state index contributed by atoms with van der Waals surface area (Å²) in [4.78, 5) is 0. The maximum atomic E-state index is 2.39. The molecule has 0 radical (unpaired) electrons. The molecule has 0 saturated carbocycles. The van der Waals surface area contributed by atoms with Gasteiger partial charge in [-0.15, -0.1) is 0 Å². The molecule has 0 unspecified atom stereocenters. The van der Waals surface area contributed by atoms with Gasteiger partial charge in [0, 0.05) is 0 Å². The Morgan fingerprint density at radius 2 is 1.30 bits per heavy atom. The molecule has 0 nitrogen and oxygen atoms in total. The van der Waals surface area contributed by atoms with Crippen molar-refractivity contribution in [3.8, 4) is 0 Å². The van der Waals surface area contributed by atoms with E-state index < -0.39 is 0 Å². The summed E-state index contributed by atoms with van der Waals surface area (Å²) in [6, 6.07) is 21.5. The normalized spacial score (nSPS) is 20.6. The second-order valence-corrected chi connectivity index (χ2v) is 6.34. The standard InChI is InChI=1S/C23H24/c1-18-10-9-15-22(20-11-5-3-6-12-20)17-23(16-19(18)2)21-13-7-4-8-14-21/h3-8,11-15,17H,9-10,16H2,1-2H3/b19-18?,22-15-,23-17+. The lowest BCUT2D eigenvalue weighted by atomic mass is 9.93. The number of hydrogen-bond donors (Lipinski definition) is 0. The van der Waals surface area contributed by atoms with E-state index in [1.807, 2.05) is 0 Å². The van der Waals surface area contributed by atoms with Crippen molar-refractivity contribution >= 4 is 11.1 Å². The molecule has 2 aromatic rings. The predicted molar refractivity (Wildman–Crippen MR) is 101 cm³/mol. The molecule has 0 fully saturated rings.